The van der Waals surface area contributed by atoms with Gasteiger partial charge in [0, 0.05) is 25.7 Å². The molecule has 2 atom stereocenters. The van der Waals surface area contributed by atoms with Crippen LogP contribution in [0.3, 0.4) is 0 Å². The van der Waals surface area contributed by atoms with Crippen LogP contribution in [-0.2, 0) is 6.42 Å². The summed E-state index contributed by atoms with van der Waals surface area (Å²) in [5.74, 6) is 1.22. The van der Waals surface area contributed by atoms with Gasteiger partial charge >= 0.3 is 0 Å². The van der Waals surface area contributed by atoms with Crippen molar-refractivity contribution in [2.45, 2.75) is 18.9 Å². The van der Waals surface area contributed by atoms with E-state index in [1.807, 2.05) is 6.07 Å². The number of ether oxygens (including phenoxy) is 1. The number of aryl methyl sites for hydroxylation is 1. The first-order valence-electron chi connectivity index (χ1n) is 8.90. The van der Waals surface area contributed by atoms with Crippen LogP contribution in [0, 0.1) is 5.92 Å². The average Bonchev–Trinajstić information content (AvgIpc) is 2.66. The lowest BCUT2D eigenvalue weighted by Gasteiger charge is -2.37. The molecule has 0 saturated heterocycles. The maximum atomic E-state index is 5.46. The Morgan fingerprint density at radius 1 is 1.15 bits per heavy atom. The van der Waals surface area contributed by atoms with E-state index in [0.29, 0.717) is 11.0 Å². The Balaban J connectivity index is 1.70. The molecule has 1 N–H and O–H groups in total. The molecule has 0 aromatic heterocycles. The SMILES string of the molecule is COc1ccc2c(c1)CCC1C2=NC(=S)NC1c1ccc(N(C)C)cc1. The fourth-order valence-electron chi connectivity index (χ4n) is 3.94. The lowest BCUT2D eigenvalue weighted by Crippen LogP contribution is -2.43. The molecule has 134 valence electrons. The molecule has 4 nitrogen and oxygen atoms in total. The number of hydrogen-bond acceptors (Lipinski definition) is 3. The Hall–Kier alpha value is -2.40. The number of anilines is 1. The van der Waals surface area contributed by atoms with Crippen molar-refractivity contribution in [2.75, 3.05) is 26.1 Å². The van der Waals surface area contributed by atoms with Crippen molar-refractivity contribution in [3.63, 3.8) is 0 Å². The highest BCUT2D eigenvalue weighted by Crippen LogP contribution is 2.38. The standard InChI is InChI=1S/C21H23N3OS/c1-24(2)15-7-4-13(5-8-15)19-18-10-6-14-12-16(25-3)9-11-17(14)20(18)23-21(26)22-19/h4-5,7-9,11-12,18-19H,6,10H2,1-3H3,(H,22,26). The summed E-state index contributed by atoms with van der Waals surface area (Å²) in [5.41, 5.74) is 6.07. The average molecular weight is 366 g/mol. The number of thiocarbonyl (C=S) groups is 1. The van der Waals surface area contributed by atoms with Gasteiger partial charge in [0.25, 0.3) is 0 Å². The van der Waals surface area contributed by atoms with E-state index in [4.69, 9.17) is 21.9 Å². The minimum absolute atomic E-state index is 0.168. The lowest BCUT2D eigenvalue weighted by atomic mass is 9.75. The first-order chi connectivity index (χ1) is 12.6. The number of nitrogens with zero attached hydrogens (tertiary/aromatic N) is 2. The monoisotopic (exact) mass is 365 g/mol. The van der Waals surface area contributed by atoms with Gasteiger partial charge in [0.1, 0.15) is 5.75 Å². The molecule has 1 aliphatic carbocycles. The summed E-state index contributed by atoms with van der Waals surface area (Å²) in [4.78, 5) is 6.82. The molecular weight excluding hydrogens is 342 g/mol. The summed E-state index contributed by atoms with van der Waals surface area (Å²) in [6.45, 7) is 0. The van der Waals surface area contributed by atoms with Crippen molar-refractivity contribution in [2.24, 2.45) is 10.9 Å². The molecule has 0 spiro atoms. The van der Waals surface area contributed by atoms with E-state index in [1.54, 1.807) is 7.11 Å². The van der Waals surface area contributed by atoms with Crippen LogP contribution >= 0.6 is 12.2 Å². The van der Waals surface area contributed by atoms with E-state index >= 15 is 0 Å². The highest BCUT2D eigenvalue weighted by molar-refractivity contribution is 7.80. The number of benzene rings is 2. The van der Waals surface area contributed by atoms with Crippen molar-refractivity contribution < 1.29 is 4.74 Å². The number of rotatable bonds is 3. The molecule has 26 heavy (non-hydrogen) atoms. The Kier molecular flexibility index (Phi) is 4.41. The van der Waals surface area contributed by atoms with E-state index in [0.717, 1.165) is 24.3 Å². The van der Waals surface area contributed by atoms with Crippen molar-refractivity contribution in [1.29, 1.82) is 0 Å². The zero-order chi connectivity index (χ0) is 18.3. The number of fused-ring (bicyclic) bond motifs is 3. The zero-order valence-electron chi connectivity index (χ0n) is 15.3. The van der Waals surface area contributed by atoms with Gasteiger partial charge in [-0.05, 0) is 72.1 Å². The van der Waals surface area contributed by atoms with Crippen LogP contribution in [0.1, 0.15) is 29.2 Å². The topological polar surface area (TPSA) is 36.9 Å². The third-order valence-electron chi connectivity index (χ3n) is 5.34. The minimum Gasteiger partial charge on any atom is -0.497 e. The molecule has 2 unspecified atom stereocenters. The fraction of sp³-hybridized carbons (Fsp3) is 0.333. The first-order valence-corrected chi connectivity index (χ1v) is 9.31. The molecular formula is C21H23N3OS. The maximum absolute atomic E-state index is 5.46. The number of hydrogen-bond donors (Lipinski definition) is 1. The molecule has 2 aromatic carbocycles. The van der Waals surface area contributed by atoms with Gasteiger partial charge in [-0.1, -0.05) is 12.1 Å². The van der Waals surface area contributed by atoms with E-state index in [1.165, 1.54) is 22.4 Å². The molecule has 5 heteroatoms. The number of nitrogens with one attached hydrogen (secondary N) is 1. The van der Waals surface area contributed by atoms with Gasteiger partial charge in [0.2, 0.25) is 0 Å². The van der Waals surface area contributed by atoms with E-state index < -0.39 is 0 Å². The molecule has 0 amide bonds. The van der Waals surface area contributed by atoms with Gasteiger partial charge in [-0.3, -0.25) is 0 Å². The molecule has 0 bridgehead atoms. The Morgan fingerprint density at radius 2 is 1.92 bits per heavy atom. The highest BCUT2D eigenvalue weighted by atomic mass is 32.1. The third kappa shape index (κ3) is 2.97. The first kappa shape index (κ1) is 17.0. The normalized spacial score (nSPS) is 21.2. The fourth-order valence-corrected chi connectivity index (χ4v) is 4.16. The van der Waals surface area contributed by atoms with E-state index in [9.17, 15) is 0 Å². The molecule has 0 fully saturated rings. The van der Waals surface area contributed by atoms with Gasteiger partial charge in [0.15, 0.2) is 5.11 Å². The van der Waals surface area contributed by atoms with Crippen molar-refractivity contribution >= 4 is 28.7 Å². The van der Waals surface area contributed by atoms with Crippen LogP contribution in [-0.4, -0.2) is 32.0 Å². The summed E-state index contributed by atoms with van der Waals surface area (Å²) in [7, 11) is 5.82. The van der Waals surface area contributed by atoms with Gasteiger partial charge in [0.05, 0.1) is 18.9 Å². The molecule has 0 radical (unpaired) electrons. The van der Waals surface area contributed by atoms with Crippen molar-refractivity contribution in [3.8, 4) is 5.75 Å². The molecule has 4 rings (SSSR count). The second-order valence-corrected chi connectivity index (χ2v) is 7.47. The predicted molar refractivity (Wildman–Crippen MR) is 111 cm³/mol. The summed E-state index contributed by atoms with van der Waals surface area (Å²) in [6.07, 6.45) is 2.08. The van der Waals surface area contributed by atoms with E-state index in [-0.39, 0.29) is 6.04 Å². The van der Waals surface area contributed by atoms with Crippen molar-refractivity contribution in [1.82, 2.24) is 5.32 Å². The highest BCUT2D eigenvalue weighted by Gasteiger charge is 2.36. The van der Waals surface area contributed by atoms with Crippen molar-refractivity contribution in [3.05, 3.63) is 59.2 Å². The molecule has 1 aliphatic heterocycles. The summed E-state index contributed by atoms with van der Waals surface area (Å²) in [5, 5.41) is 4.01. The Labute approximate surface area is 159 Å². The van der Waals surface area contributed by atoms with Gasteiger partial charge in [-0.15, -0.1) is 0 Å². The van der Waals surface area contributed by atoms with Crippen LogP contribution in [0.15, 0.2) is 47.5 Å². The van der Waals surface area contributed by atoms with Crippen LogP contribution in [0.4, 0.5) is 5.69 Å². The lowest BCUT2D eigenvalue weighted by molar-refractivity contribution is 0.413. The quantitative estimate of drug-likeness (QED) is 0.841. The third-order valence-corrected chi connectivity index (χ3v) is 5.55. The smallest absolute Gasteiger partial charge is 0.193 e. The van der Waals surface area contributed by atoms with Gasteiger partial charge < -0.3 is 15.0 Å². The van der Waals surface area contributed by atoms with Gasteiger partial charge in [-0.2, -0.15) is 0 Å². The second kappa shape index (κ2) is 6.72. The molecule has 1 heterocycles. The zero-order valence-corrected chi connectivity index (χ0v) is 16.1. The maximum Gasteiger partial charge on any atom is 0.193 e. The van der Waals surface area contributed by atoms with Crippen LogP contribution in [0.2, 0.25) is 0 Å². The largest absolute Gasteiger partial charge is 0.497 e. The van der Waals surface area contributed by atoms with Crippen LogP contribution in [0.25, 0.3) is 0 Å². The van der Waals surface area contributed by atoms with E-state index in [2.05, 4.69) is 60.7 Å². The van der Waals surface area contributed by atoms with Crippen LogP contribution in [0.5, 0.6) is 5.75 Å². The number of methoxy groups -OCH3 is 1. The summed E-state index contributed by atoms with van der Waals surface area (Å²) in [6, 6.07) is 15.1. The molecule has 0 saturated carbocycles. The molecule has 2 aliphatic rings. The Bertz CT molecular complexity index is 873. The van der Waals surface area contributed by atoms with Crippen LogP contribution < -0.4 is 15.0 Å². The number of aliphatic imine (C=N–C) groups is 1. The summed E-state index contributed by atoms with van der Waals surface area (Å²) >= 11 is 5.46. The molecule has 2 aromatic rings. The Morgan fingerprint density at radius 3 is 2.62 bits per heavy atom. The second-order valence-electron chi connectivity index (χ2n) is 7.08. The summed E-state index contributed by atoms with van der Waals surface area (Å²) < 4.78 is 5.38. The van der Waals surface area contributed by atoms with Gasteiger partial charge in [-0.25, -0.2) is 4.99 Å². The predicted octanol–water partition coefficient (Wildman–Crippen LogP) is 3.74. The minimum atomic E-state index is 0.168.